The fraction of sp³-hybridized carbons (Fsp3) is 0. The molecule has 0 aromatic carbocycles. The van der Waals surface area contributed by atoms with Crippen molar-refractivity contribution >= 4 is 46.4 Å². The summed E-state index contributed by atoms with van der Waals surface area (Å²) in [7, 11) is -7.89. The largest absolute Gasteiger partial charge is 0.413 e. The Morgan fingerprint density at radius 1 is 0.850 bits per heavy atom. The van der Waals surface area contributed by atoms with Crippen LogP contribution in [0.2, 0.25) is 0 Å². The fourth-order valence-corrected chi connectivity index (χ4v) is 11.8. The SMILES string of the molecule is C=C[Si]1O[Si]O[Si]O[Si](C=C)(C=C)O[Si](C=C)(C=C)O1. The molecule has 0 N–H and O–H groups in total. The molecule has 1 aliphatic rings. The zero-order valence-electron chi connectivity index (χ0n) is 11.0. The number of hydrogen-bond donors (Lipinski definition) is 0. The minimum absolute atomic E-state index is 0.184. The summed E-state index contributed by atoms with van der Waals surface area (Å²) in [5.41, 5.74) is 8.13. The van der Waals surface area contributed by atoms with E-state index in [4.69, 9.17) is 20.6 Å². The van der Waals surface area contributed by atoms with Crippen molar-refractivity contribution in [3.05, 3.63) is 61.4 Å². The van der Waals surface area contributed by atoms with Gasteiger partial charge < -0.3 is 20.6 Å². The maximum Gasteiger partial charge on any atom is 0.413 e. The van der Waals surface area contributed by atoms with Gasteiger partial charge in [-0.15, -0.1) is 32.9 Å². The van der Waals surface area contributed by atoms with E-state index in [-0.39, 0.29) is 20.0 Å². The maximum atomic E-state index is 6.12. The molecular formula is C10H15O5Si5. The normalized spacial score (nSPS) is 23.2. The minimum atomic E-state index is -2.90. The van der Waals surface area contributed by atoms with Gasteiger partial charge in [0.2, 0.25) is 0 Å². The van der Waals surface area contributed by atoms with Gasteiger partial charge in [0.15, 0.2) is 0 Å². The fourth-order valence-electron chi connectivity index (χ4n) is 1.22. The van der Waals surface area contributed by atoms with Crippen molar-refractivity contribution in [3.8, 4) is 0 Å². The summed E-state index contributed by atoms with van der Waals surface area (Å²) in [4.78, 5) is 0. The summed E-state index contributed by atoms with van der Waals surface area (Å²) < 4.78 is 28.5. The lowest BCUT2D eigenvalue weighted by atomic mass is 11.2. The van der Waals surface area contributed by atoms with Crippen LogP contribution in [0.25, 0.3) is 0 Å². The molecule has 0 unspecified atom stereocenters. The lowest BCUT2D eigenvalue weighted by Gasteiger charge is -2.35. The first-order valence-electron chi connectivity index (χ1n) is 5.53. The van der Waals surface area contributed by atoms with Gasteiger partial charge in [-0.2, -0.15) is 0 Å². The van der Waals surface area contributed by atoms with Gasteiger partial charge in [0, 0.05) is 0 Å². The van der Waals surface area contributed by atoms with Crippen LogP contribution >= 0.6 is 0 Å². The van der Waals surface area contributed by atoms with Gasteiger partial charge in [0.05, 0.1) is 0 Å². The first-order chi connectivity index (χ1) is 9.59. The van der Waals surface area contributed by atoms with Crippen LogP contribution in [-0.2, 0) is 20.6 Å². The Balaban J connectivity index is 3.14. The Kier molecular flexibility index (Phi) is 7.17. The summed E-state index contributed by atoms with van der Waals surface area (Å²) in [5, 5.41) is 0. The quantitative estimate of drug-likeness (QED) is 0.692. The third-order valence-electron chi connectivity index (χ3n) is 2.31. The third-order valence-corrected chi connectivity index (χ3v) is 13.0. The van der Waals surface area contributed by atoms with Crippen LogP contribution in [0.4, 0.5) is 0 Å². The molecule has 0 aromatic rings. The van der Waals surface area contributed by atoms with Gasteiger partial charge in [-0.25, -0.2) is 0 Å². The molecule has 0 aromatic heterocycles. The Hall–Kier alpha value is -0.416. The van der Waals surface area contributed by atoms with Crippen LogP contribution in [-0.4, -0.2) is 46.4 Å². The number of rotatable bonds is 5. The van der Waals surface area contributed by atoms with E-state index < -0.39 is 26.4 Å². The van der Waals surface area contributed by atoms with E-state index >= 15 is 0 Å². The summed E-state index contributed by atoms with van der Waals surface area (Å²) in [6.07, 6.45) is 0. The highest BCUT2D eigenvalue weighted by molar-refractivity contribution is 6.94. The van der Waals surface area contributed by atoms with Crippen molar-refractivity contribution in [2.75, 3.05) is 0 Å². The molecule has 105 valence electrons. The van der Waals surface area contributed by atoms with Crippen LogP contribution in [0.15, 0.2) is 61.4 Å². The zero-order chi connectivity index (χ0) is 15.1. The first-order valence-corrected chi connectivity index (χ1v) is 12.5. The average molecular weight is 356 g/mol. The highest BCUT2D eigenvalue weighted by atomic mass is 28.5. The van der Waals surface area contributed by atoms with E-state index in [0.717, 1.165) is 0 Å². The van der Waals surface area contributed by atoms with Crippen molar-refractivity contribution in [3.63, 3.8) is 0 Å². The molecule has 1 heterocycles. The van der Waals surface area contributed by atoms with Crippen LogP contribution in [0.3, 0.4) is 0 Å². The molecule has 10 heteroatoms. The van der Waals surface area contributed by atoms with Gasteiger partial charge in [0.1, 0.15) is 0 Å². The van der Waals surface area contributed by atoms with Crippen LogP contribution in [0.1, 0.15) is 0 Å². The molecule has 0 spiro atoms. The predicted molar refractivity (Wildman–Crippen MR) is 85.2 cm³/mol. The summed E-state index contributed by atoms with van der Waals surface area (Å²) >= 11 is 0. The van der Waals surface area contributed by atoms with E-state index in [1.807, 2.05) is 0 Å². The molecule has 0 bridgehead atoms. The Labute approximate surface area is 128 Å². The molecule has 5 radical (unpaired) electrons. The molecule has 1 aliphatic heterocycles. The topological polar surface area (TPSA) is 46.2 Å². The van der Waals surface area contributed by atoms with E-state index in [9.17, 15) is 0 Å². The van der Waals surface area contributed by atoms with E-state index in [1.54, 1.807) is 28.5 Å². The Bertz CT molecular complexity index is 385. The summed E-state index contributed by atoms with van der Waals surface area (Å²) in [6, 6.07) is 0. The molecule has 5 nitrogen and oxygen atoms in total. The lowest BCUT2D eigenvalue weighted by molar-refractivity contribution is 0.301. The molecule has 1 rings (SSSR count). The van der Waals surface area contributed by atoms with Gasteiger partial charge in [-0.05, 0) is 28.5 Å². The summed E-state index contributed by atoms with van der Waals surface area (Å²) in [6.45, 7) is 18.8. The Morgan fingerprint density at radius 2 is 1.45 bits per heavy atom. The van der Waals surface area contributed by atoms with Gasteiger partial charge in [-0.3, -0.25) is 0 Å². The molecule has 20 heavy (non-hydrogen) atoms. The minimum Gasteiger partial charge on any atom is -0.412 e. The third kappa shape index (κ3) is 4.29. The average Bonchev–Trinajstić information content (AvgIpc) is 2.51. The molecule has 0 saturated carbocycles. The standard InChI is InChI=1S/C10H15O5Si5/c1-6-18-12-16-11-17-13-19(7-2,8-3)15-20(9-4,10-5)14-18/h6-10H,1-5H2. The molecular weight excluding hydrogens is 341 g/mol. The molecule has 1 fully saturated rings. The zero-order valence-corrected chi connectivity index (χ0v) is 16.0. The second-order valence-electron chi connectivity index (χ2n) is 3.46. The predicted octanol–water partition coefficient (Wildman–Crippen LogP) is 1.15. The van der Waals surface area contributed by atoms with E-state index in [1.165, 1.54) is 0 Å². The smallest absolute Gasteiger partial charge is 0.412 e. The molecule has 0 atom stereocenters. The van der Waals surface area contributed by atoms with Crippen LogP contribution in [0, 0.1) is 0 Å². The van der Waals surface area contributed by atoms with Crippen molar-refractivity contribution in [1.82, 2.24) is 0 Å². The van der Waals surface area contributed by atoms with Crippen LogP contribution < -0.4 is 0 Å². The monoisotopic (exact) mass is 355 g/mol. The van der Waals surface area contributed by atoms with Crippen molar-refractivity contribution in [1.29, 1.82) is 0 Å². The molecule has 0 amide bonds. The molecule has 0 aliphatic carbocycles. The second kappa shape index (κ2) is 8.13. The van der Waals surface area contributed by atoms with E-state index in [2.05, 4.69) is 32.9 Å². The molecule has 1 saturated heterocycles. The van der Waals surface area contributed by atoms with Gasteiger partial charge in [0.25, 0.3) is 0 Å². The van der Waals surface area contributed by atoms with Crippen molar-refractivity contribution in [2.24, 2.45) is 0 Å². The van der Waals surface area contributed by atoms with E-state index in [0.29, 0.717) is 0 Å². The van der Waals surface area contributed by atoms with Crippen molar-refractivity contribution < 1.29 is 20.6 Å². The lowest BCUT2D eigenvalue weighted by Crippen LogP contribution is -2.56. The summed E-state index contributed by atoms with van der Waals surface area (Å²) in [5.74, 6) is 0. The Morgan fingerprint density at radius 3 is 1.95 bits per heavy atom. The number of hydrogen-bond acceptors (Lipinski definition) is 5. The van der Waals surface area contributed by atoms with Crippen molar-refractivity contribution in [2.45, 2.75) is 0 Å². The maximum absolute atomic E-state index is 6.12. The van der Waals surface area contributed by atoms with Gasteiger partial charge >= 0.3 is 46.4 Å². The highest BCUT2D eigenvalue weighted by Gasteiger charge is 2.45. The highest BCUT2D eigenvalue weighted by Crippen LogP contribution is 2.22. The van der Waals surface area contributed by atoms with Gasteiger partial charge in [-0.1, -0.05) is 0 Å². The second-order valence-corrected chi connectivity index (χ2v) is 13.4. The first kappa shape index (κ1) is 17.6. The van der Waals surface area contributed by atoms with Crippen LogP contribution in [0.5, 0.6) is 0 Å².